The fourth-order valence-electron chi connectivity index (χ4n) is 2.54. The molecular weight excluding hydrogens is 296 g/mol. The van der Waals surface area contributed by atoms with E-state index in [-0.39, 0.29) is 17.9 Å². The number of rotatable bonds is 5. The highest BCUT2D eigenvalue weighted by atomic mass is 16.5. The molecule has 120 valence electrons. The summed E-state index contributed by atoms with van der Waals surface area (Å²) >= 11 is 0. The van der Waals surface area contributed by atoms with Crippen LogP contribution in [-0.4, -0.2) is 26.3 Å². The zero-order valence-electron chi connectivity index (χ0n) is 12.8. The van der Waals surface area contributed by atoms with E-state index in [0.717, 1.165) is 5.52 Å². The molecule has 0 spiro atoms. The van der Waals surface area contributed by atoms with Crippen molar-refractivity contribution in [2.45, 2.75) is 19.6 Å². The van der Waals surface area contributed by atoms with Crippen molar-refractivity contribution in [3.8, 4) is 11.5 Å². The van der Waals surface area contributed by atoms with Gasteiger partial charge in [-0.2, -0.15) is 0 Å². The Labute approximate surface area is 132 Å². The number of pyridine rings is 2. The van der Waals surface area contributed by atoms with Gasteiger partial charge < -0.3 is 24.7 Å². The van der Waals surface area contributed by atoms with E-state index in [1.54, 1.807) is 42.4 Å². The average Bonchev–Trinajstić information content (AvgIpc) is 2.93. The molecule has 3 heterocycles. The van der Waals surface area contributed by atoms with E-state index in [1.807, 2.05) is 4.57 Å². The van der Waals surface area contributed by atoms with E-state index in [0.29, 0.717) is 29.9 Å². The van der Waals surface area contributed by atoms with Gasteiger partial charge in [0, 0.05) is 49.7 Å². The van der Waals surface area contributed by atoms with Gasteiger partial charge in [-0.3, -0.25) is 9.78 Å². The lowest BCUT2D eigenvalue weighted by molar-refractivity contribution is 0.413. The van der Waals surface area contributed by atoms with Gasteiger partial charge in [-0.25, -0.2) is 0 Å². The maximum atomic E-state index is 12.2. The van der Waals surface area contributed by atoms with Crippen LogP contribution >= 0.6 is 0 Å². The third-order valence-electron chi connectivity index (χ3n) is 3.79. The third kappa shape index (κ3) is 2.91. The molecule has 3 N–H and O–H groups in total. The second-order valence-electron chi connectivity index (χ2n) is 5.21. The minimum Gasteiger partial charge on any atom is -0.506 e. The zero-order chi connectivity index (χ0) is 16.4. The fraction of sp³-hybridized carbons (Fsp3) is 0.250. The standard InChI is InChI=1S/C16H18N4O3/c1-23-12-6-14-13(18-8-12)2-3-16(22)20(14)5-4-19-9-11(7-17)15(21)10-19/h2-3,6,8-10,21H,4-5,7,17H2,1H3. The van der Waals surface area contributed by atoms with Crippen molar-refractivity contribution >= 4 is 11.0 Å². The highest BCUT2D eigenvalue weighted by Crippen LogP contribution is 2.19. The monoisotopic (exact) mass is 314 g/mol. The number of aromatic hydroxyl groups is 1. The Bertz CT molecular complexity index is 898. The number of nitrogens with zero attached hydrogens (tertiary/aromatic N) is 3. The van der Waals surface area contributed by atoms with Gasteiger partial charge in [-0.1, -0.05) is 0 Å². The normalized spacial score (nSPS) is 11.0. The first-order chi connectivity index (χ1) is 11.1. The van der Waals surface area contributed by atoms with Crippen LogP contribution in [0.3, 0.4) is 0 Å². The average molecular weight is 314 g/mol. The van der Waals surface area contributed by atoms with Gasteiger partial charge in [0.15, 0.2) is 0 Å². The quantitative estimate of drug-likeness (QED) is 0.734. The van der Waals surface area contributed by atoms with Gasteiger partial charge in [0.25, 0.3) is 5.56 Å². The van der Waals surface area contributed by atoms with Crippen molar-refractivity contribution in [2.75, 3.05) is 7.11 Å². The van der Waals surface area contributed by atoms with Gasteiger partial charge in [-0.05, 0) is 6.07 Å². The number of hydrogen-bond acceptors (Lipinski definition) is 5. The van der Waals surface area contributed by atoms with Crippen LogP contribution in [-0.2, 0) is 19.6 Å². The number of aromatic nitrogens is 3. The van der Waals surface area contributed by atoms with E-state index < -0.39 is 0 Å². The molecule has 0 saturated carbocycles. The number of nitrogens with two attached hydrogens (primary N) is 1. The molecule has 3 aromatic heterocycles. The number of aryl methyl sites for hydroxylation is 2. The summed E-state index contributed by atoms with van der Waals surface area (Å²) in [5.41, 5.74) is 7.56. The maximum absolute atomic E-state index is 12.2. The number of hydrogen-bond donors (Lipinski definition) is 2. The predicted molar refractivity (Wildman–Crippen MR) is 86.5 cm³/mol. The van der Waals surface area contributed by atoms with E-state index >= 15 is 0 Å². The number of methoxy groups -OCH3 is 1. The fourth-order valence-corrected chi connectivity index (χ4v) is 2.54. The first-order valence-electron chi connectivity index (χ1n) is 7.23. The molecule has 0 aliphatic rings. The first-order valence-corrected chi connectivity index (χ1v) is 7.23. The molecular formula is C16H18N4O3. The summed E-state index contributed by atoms with van der Waals surface area (Å²) in [4.78, 5) is 16.5. The van der Waals surface area contributed by atoms with Gasteiger partial charge >= 0.3 is 0 Å². The van der Waals surface area contributed by atoms with Crippen LogP contribution in [0.1, 0.15) is 5.56 Å². The Morgan fingerprint density at radius 3 is 2.83 bits per heavy atom. The van der Waals surface area contributed by atoms with Crippen LogP contribution in [0.5, 0.6) is 11.5 Å². The Hall–Kier alpha value is -2.80. The Kier molecular flexibility index (Phi) is 4.03. The second kappa shape index (κ2) is 6.13. The molecule has 7 nitrogen and oxygen atoms in total. The SMILES string of the molecule is COc1cnc2ccc(=O)n(CCn3cc(O)c(CN)c3)c2c1. The molecule has 0 atom stereocenters. The van der Waals surface area contributed by atoms with Crippen LogP contribution in [0.25, 0.3) is 11.0 Å². The second-order valence-corrected chi connectivity index (χ2v) is 5.21. The summed E-state index contributed by atoms with van der Waals surface area (Å²) < 4.78 is 8.64. The highest BCUT2D eigenvalue weighted by Gasteiger charge is 2.08. The molecule has 0 aliphatic heterocycles. The zero-order valence-corrected chi connectivity index (χ0v) is 12.8. The highest BCUT2D eigenvalue weighted by molar-refractivity contribution is 5.75. The van der Waals surface area contributed by atoms with Gasteiger partial charge in [0.2, 0.25) is 0 Å². The molecule has 0 radical (unpaired) electrons. The largest absolute Gasteiger partial charge is 0.506 e. The number of ether oxygens (including phenoxy) is 1. The summed E-state index contributed by atoms with van der Waals surface area (Å²) in [6, 6.07) is 4.99. The van der Waals surface area contributed by atoms with Crippen molar-refractivity contribution in [3.05, 3.63) is 52.7 Å². The molecule has 7 heteroatoms. The number of fused-ring (bicyclic) bond motifs is 1. The van der Waals surface area contributed by atoms with Crippen LogP contribution in [0.2, 0.25) is 0 Å². The lowest BCUT2D eigenvalue weighted by atomic mass is 10.3. The molecule has 0 amide bonds. The summed E-state index contributed by atoms with van der Waals surface area (Å²) in [6.45, 7) is 1.25. The molecule has 0 fully saturated rings. The molecule has 0 unspecified atom stereocenters. The summed E-state index contributed by atoms with van der Waals surface area (Å²) in [5, 5.41) is 9.73. The minimum atomic E-state index is -0.108. The molecule has 3 aromatic rings. The molecule has 0 saturated heterocycles. The van der Waals surface area contributed by atoms with E-state index in [4.69, 9.17) is 10.5 Å². The van der Waals surface area contributed by atoms with Crippen LogP contribution < -0.4 is 16.0 Å². The van der Waals surface area contributed by atoms with Gasteiger partial charge in [0.1, 0.15) is 11.5 Å². The van der Waals surface area contributed by atoms with Crippen molar-refractivity contribution < 1.29 is 9.84 Å². The summed E-state index contributed by atoms with van der Waals surface area (Å²) in [7, 11) is 1.56. The molecule has 0 aliphatic carbocycles. The van der Waals surface area contributed by atoms with Crippen LogP contribution in [0.15, 0.2) is 41.6 Å². The third-order valence-corrected chi connectivity index (χ3v) is 3.79. The summed E-state index contributed by atoms with van der Waals surface area (Å²) in [6.07, 6.45) is 5.01. The van der Waals surface area contributed by atoms with Crippen LogP contribution in [0.4, 0.5) is 0 Å². The minimum absolute atomic E-state index is 0.108. The van der Waals surface area contributed by atoms with E-state index in [1.165, 1.54) is 6.07 Å². The van der Waals surface area contributed by atoms with Gasteiger partial charge in [0.05, 0.1) is 24.3 Å². The molecule has 0 bridgehead atoms. The Morgan fingerprint density at radius 2 is 2.13 bits per heavy atom. The Balaban J connectivity index is 1.95. The lowest BCUT2D eigenvalue weighted by Gasteiger charge is -2.11. The van der Waals surface area contributed by atoms with Crippen molar-refractivity contribution in [1.29, 1.82) is 0 Å². The van der Waals surface area contributed by atoms with E-state index in [9.17, 15) is 9.90 Å². The smallest absolute Gasteiger partial charge is 0.251 e. The van der Waals surface area contributed by atoms with Gasteiger partial charge in [-0.15, -0.1) is 0 Å². The first kappa shape index (κ1) is 15.1. The predicted octanol–water partition coefficient (Wildman–Crippen LogP) is 1.07. The maximum Gasteiger partial charge on any atom is 0.251 e. The van der Waals surface area contributed by atoms with Crippen molar-refractivity contribution in [3.63, 3.8) is 0 Å². The topological polar surface area (TPSA) is 95.3 Å². The van der Waals surface area contributed by atoms with Crippen molar-refractivity contribution in [1.82, 2.24) is 14.1 Å². The van der Waals surface area contributed by atoms with E-state index in [2.05, 4.69) is 4.98 Å². The summed E-state index contributed by atoms with van der Waals surface area (Å²) in [5.74, 6) is 0.766. The molecule has 0 aromatic carbocycles. The Morgan fingerprint density at radius 1 is 1.30 bits per heavy atom. The molecule has 23 heavy (non-hydrogen) atoms. The lowest BCUT2D eigenvalue weighted by Crippen LogP contribution is -2.22. The van der Waals surface area contributed by atoms with Crippen molar-refractivity contribution in [2.24, 2.45) is 5.73 Å². The molecule has 3 rings (SSSR count). The van der Waals surface area contributed by atoms with Crippen LogP contribution in [0, 0.1) is 0 Å².